The highest BCUT2D eigenvalue weighted by molar-refractivity contribution is 6.26. The highest BCUT2D eigenvalue weighted by Crippen LogP contribution is 2.30. The van der Waals surface area contributed by atoms with Crippen LogP contribution in [0.15, 0.2) is 60.3 Å². The van der Waals surface area contributed by atoms with Crippen LogP contribution in [0, 0.1) is 0 Å². The molecule has 114 valence electrons. The number of anilines is 1. The summed E-state index contributed by atoms with van der Waals surface area (Å²) >= 11 is 0. The highest BCUT2D eigenvalue weighted by Gasteiger charge is 2.29. The lowest BCUT2D eigenvalue weighted by Gasteiger charge is -2.18. The van der Waals surface area contributed by atoms with Gasteiger partial charge in [0.1, 0.15) is 5.75 Å². The first-order chi connectivity index (χ1) is 11.1. The van der Waals surface area contributed by atoms with E-state index in [2.05, 4.69) is 5.32 Å². The Hall–Kier alpha value is -3.21. The van der Waals surface area contributed by atoms with E-state index in [4.69, 9.17) is 4.74 Å². The minimum absolute atomic E-state index is 0.100. The van der Waals surface area contributed by atoms with Gasteiger partial charge in [-0.25, -0.2) is 0 Å². The number of ether oxygens (including phenoxy) is 1. The van der Waals surface area contributed by atoms with Crippen molar-refractivity contribution in [1.82, 2.24) is 0 Å². The SMILES string of the molecule is CC(=O)Oc1cccc2c1C(=O)C=C(Nc1ccccc1)C2=O. The molecule has 0 aliphatic heterocycles. The van der Waals surface area contributed by atoms with Crippen LogP contribution in [-0.2, 0) is 4.79 Å². The summed E-state index contributed by atoms with van der Waals surface area (Å²) in [4.78, 5) is 36.1. The van der Waals surface area contributed by atoms with Gasteiger partial charge in [-0.15, -0.1) is 0 Å². The van der Waals surface area contributed by atoms with Crippen molar-refractivity contribution in [2.24, 2.45) is 0 Å². The number of ketones is 2. The van der Waals surface area contributed by atoms with Crippen molar-refractivity contribution in [1.29, 1.82) is 0 Å². The van der Waals surface area contributed by atoms with E-state index in [-0.39, 0.29) is 34.1 Å². The van der Waals surface area contributed by atoms with Gasteiger partial charge in [-0.3, -0.25) is 14.4 Å². The number of carbonyl (C=O) groups is 3. The number of hydrogen-bond donors (Lipinski definition) is 1. The molecule has 0 radical (unpaired) electrons. The smallest absolute Gasteiger partial charge is 0.308 e. The van der Waals surface area contributed by atoms with E-state index >= 15 is 0 Å². The second-order valence-corrected chi connectivity index (χ2v) is 5.01. The average Bonchev–Trinajstić information content (AvgIpc) is 2.52. The Bertz CT molecular complexity index is 837. The highest BCUT2D eigenvalue weighted by atomic mass is 16.5. The third-order valence-corrected chi connectivity index (χ3v) is 3.34. The van der Waals surface area contributed by atoms with Gasteiger partial charge in [0, 0.05) is 24.3 Å². The number of benzene rings is 2. The number of esters is 1. The molecule has 2 aromatic carbocycles. The van der Waals surface area contributed by atoms with Crippen molar-refractivity contribution >= 4 is 23.2 Å². The molecular formula is C18H13NO4. The molecule has 0 spiro atoms. The molecule has 0 saturated carbocycles. The van der Waals surface area contributed by atoms with Crippen molar-refractivity contribution in [3.63, 3.8) is 0 Å². The lowest BCUT2D eigenvalue weighted by molar-refractivity contribution is -0.131. The third-order valence-electron chi connectivity index (χ3n) is 3.34. The summed E-state index contributed by atoms with van der Waals surface area (Å²) in [6.07, 6.45) is 1.23. The Labute approximate surface area is 132 Å². The van der Waals surface area contributed by atoms with Crippen molar-refractivity contribution in [2.45, 2.75) is 6.92 Å². The molecule has 3 rings (SSSR count). The molecule has 2 aromatic rings. The molecule has 0 unspecified atom stereocenters. The topological polar surface area (TPSA) is 72.5 Å². The zero-order valence-corrected chi connectivity index (χ0v) is 12.3. The van der Waals surface area contributed by atoms with E-state index in [1.807, 2.05) is 18.2 Å². The number of rotatable bonds is 3. The second-order valence-electron chi connectivity index (χ2n) is 5.01. The fraction of sp³-hybridized carbons (Fsp3) is 0.0556. The minimum Gasteiger partial charge on any atom is -0.426 e. The van der Waals surface area contributed by atoms with Crippen LogP contribution in [0.3, 0.4) is 0 Å². The monoisotopic (exact) mass is 307 g/mol. The molecule has 23 heavy (non-hydrogen) atoms. The van der Waals surface area contributed by atoms with Crippen molar-refractivity contribution in [3.8, 4) is 5.75 Å². The Morgan fingerprint density at radius 2 is 1.74 bits per heavy atom. The van der Waals surface area contributed by atoms with Gasteiger partial charge in [-0.2, -0.15) is 0 Å². The fourth-order valence-electron chi connectivity index (χ4n) is 2.40. The molecule has 1 N–H and O–H groups in total. The van der Waals surface area contributed by atoms with Crippen molar-refractivity contribution in [2.75, 3.05) is 5.32 Å². The molecule has 1 aliphatic rings. The molecular weight excluding hydrogens is 294 g/mol. The molecule has 0 saturated heterocycles. The molecule has 5 nitrogen and oxygen atoms in total. The summed E-state index contributed by atoms with van der Waals surface area (Å²) in [6.45, 7) is 1.24. The summed E-state index contributed by atoms with van der Waals surface area (Å²) in [6, 6.07) is 13.7. The summed E-state index contributed by atoms with van der Waals surface area (Å²) in [7, 11) is 0. The summed E-state index contributed by atoms with van der Waals surface area (Å²) in [5.41, 5.74) is 1.23. The molecule has 0 aromatic heterocycles. The van der Waals surface area contributed by atoms with Crippen LogP contribution in [-0.4, -0.2) is 17.5 Å². The number of Topliss-reactive ketones (excluding diaryl/α,β-unsaturated/α-hetero) is 1. The van der Waals surface area contributed by atoms with E-state index in [0.717, 1.165) is 0 Å². The van der Waals surface area contributed by atoms with E-state index in [9.17, 15) is 14.4 Å². The van der Waals surface area contributed by atoms with E-state index in [0.29, 0.717) is 5.69 Å². The number of nitrogens with one attached hydrogen (secondary N) is 1. The van der Waals surface area contributed by atoms with Crippen LogP contribution in [0.2, 0.25) is 0 Å². The van der Waals surface area contributed by atoms with Crippen LogP contribution in [0.4, 0.5) is 5.69 Å². The Morgan fingerprint density at radius 3 is 2.43 bits per heavy atom. The Kier molecular flexibility index (Phi) is 3.76. The molecule has 1 aliphatic carbocycles. The van der Waals surface area contributed by atoms with Crippen LogP contribution >= 0.6 is 0 Å². The van der Waals surface area contributed by atoms with Gasteiger partial charge in [-0.1, -0.05) is 24.3 Å². The molecule has 5 heteroatoms. The van der Waals surface area contributed by atoms with Gasteiger partial charge < -0.3 is 10.1 Å². The van der Waals surface area contributed by atoms with Crippen LogP contribution in [0.25, 0.3) is 0 Å². The molecule has 0 amide bonds. The zero-order valence-electron chi connectivity index (χ0n) is 12.3. The van der Waals surface area contributed by atoms with Crippen LogP contribution in [0.1, 0.15) is 27.6 Å². The maximum absolute atomic E-state index is 12.6. The quantitative estimate of drug-likeness (QED) is 0.697. The first kappa shape index (κ1) is 14.7. The first-order valence-corrected chi connectivity index (χ1v) is 7.00. The van der Waals surface area contributed by atoms with Crippen molar-refractivity contribution < 1.29 is 19.1 Å². The first-order valence-electron chi connectivity index (χ1n) is 7.00. The van der Waals surface area contributed by atoms with Crippen molar-refractivity contribution in [3.05, 3.63) is 71.4 Å². The molecule has 0 bridgehead atoms. The number of allylic oxidation sites excluding steroid dienone is 2. The van der Waals surface area contributed by atoms with E-state index in [1.165, 1.54) is 19.1 Å². The Morgan fingerprint density at radius 1 is 1.00 bits per heavy atom. The summed E-state index contributed by atoms with van der Waals surface area (Å²) < 4.78 is 5.02. The Balaban J connectivity index is 1.99. The predicted molar refractivity (Wildman–Crippen MR) is 84.6 cm³/mol. The van der Waals surface area contributed by atoms with Crippen LogP contribution < -0.4 is 10.1 Å². The fourth-order valence-corrected chi connectivity index (χ4v) is 2.40. The number of fused-ring (bicyclic) bond motifs is 1. The van der Waals surface area contributed by atoms with Gasteiger partial charge in [0.2, 0.25) is 5.78 Å². The van der Waals surface area contributed by atoms with Gasteiger partial charge >= 0.3 is 5.97 Å². The summed E-state index contributed by atoms with van der Waals surface area (Å²) in [5, 5.41) is 2.95. The summed E-state index contributed by atoms with van der Waals surface area (Å²) in [5.74, 6) is -1.15. The minimum atomic E-state index is -0.546. The number of hydrogen-bond acceptors (Lipinski definition) is 5. The average molecular weight is 307 g/mol. The van der Waals surface area contributed by atoms with Gasteiger partial charge in [-0.05, 0) is 24.3 Å². The molecule has 0 heterocycles. The van der Waals surface area contributed by atoms with Gasteiger partial charge in [0.15, 0.2) is 5.78 Å². The third kappa shape index (κ3) is 2.89. The van der Waals surface area contributed by atoms with Gasteiger partial charge in [0.25, 0.3) is 0 Å². The normalized spacial score (nSPS) is 13.2. The molecule has 0 fully saturated rings. The number of para-hydroxylation sites is 1. The zero-order chi connectivity index (χ0) is 16.4. The van der Waals surface area contributed by atoms with E-state index in [1.54, 1.807) is 24.3 Å². The maximum atomic E-state index is 12.6. The van der Waals surface area contributed by atoms with Gasteiger partial charge in [0.05, 0.1) is 11.3 Å². The lowest BCUT2D eigenvalue weighted by atomic mass is 9.91. The largest absolute Gasteiger partial charge is 0.426 e. The maximum Gasteiger partial charge on any atom is 0.308 e. The predicted octanol–water partition coefficient (Wildman–Crippen LogP) is 2.99. The number of carbonyl (C=O) groups excluding carboxylic acids is 3. The lowest BCUT2D eigenvalue weighted by Crippen LogP contribution is -2.22. The molecule has 0 atom stereocenters. The van der Waals surface area contributed by atoms with E-state index < -0.39 is 5.97 Å². The second kappa shape index (κ2) is 5.88. The van der Waals surface area contributed by atoms with Crippen LogP contribution in [0.5, 0.6) is 5.75 Å². The standard InChI is InChI=1S/C18H13NO4/c1-11(20)23-16-9-5-8-13-17(16)15(21)10-14(18(13)22)19-12-6-3-2-4-7-12/h2-10,19H,1H3.